The Morgan fingerprint density at radius 1 is 1.57 bits per heavy atom. The van der Waals surface area contributed by atoms with Gasteiger partial charge in [-0.05, 0) is 24.1 Å². The normalized spacial score (nSPS) is 19.6. The molecule has 74 valence electrons. The second-order valence-corrected chi connectivity index (χ2v) is 3.34. The first kappa shape index (κ1) is 8.99. The van der Waals surface area contributed by atoms with E-state index in [0.717, 1.165) is 0 Å². The van der Waals surface area contributed by atoms with E-state index in [1.54, 1.807) is 0 Å². The molecule has 2 N–H and O–H groups in total. The second-order valence-electron chi connectivity index (χ2n) is 3.34. The summed E-state index contributed by atoms with van der Waals surface area (Å²) in [5.41, 5.74) is 1.27. The molecule has 0 fully saturated rings. The van der Waals surface area contributed by atoms with Gasteiger partial charge < -0.3 is 10.4 Å². The van der Waals surface area contributed by atoms with E-state index in [1.807, 2.05) is 0 Å². The summed E-state index contributed by atoms with van der Waals surface area (Å²) in [4.78, 5) is 10.9. The van der Waals surface area contributed by atoms with Gasteiger partial charge in [0.15, 0.2) is 0 Å². The molecule has 0 amide bonds. The molecule has 0 saturated heterocycles. The van der Waals surface area contributed by atoms with E-state index >= 15 is 0 Å². The number of hydrogen-bond donors (Lipinski definition) is 2. The number of benzene rings is 1. The van der Waals surface area contributed by atoms with Gasteiger partial charge in [0.25, 0.3) is 0 Å². The molecule has 0 spiro atoms. The van der Waals surface area contributed by atoms with Crippen LogP contribution in [-0.2, 0) is 4.79 Å². The van der Waals surface area contributed by atoms with Crippen molar-refractivity contribution in [2.75, 3.05) is 11.9 Å². The molecule has 0 aromatic heterocycles. The number of aliphatic carboxylic acids is 1. The standard InChI is InChI=1S/C10H10FNO2/c11-6-1-2-7-8(10(13)14)3-4-12-9(7)5-6/h1-2,5,8,12H,3-4H2,(H,13,14). The van der Waals surface area contributed by atoms with Gasteiger partial charge in [0.1, 0.15) is 5.82 Å². The minimum atomic E-state index is -0.848. The number of carboxylic acid groups (broad SMARTS) is 1. The van der Waals surface area contributed by atoms with Crippen LogP contribution in [0, 0.1) is 5.82 Å². The molecule has 1 aromatic carbocycles. The Labute approximate surface area is 80.6 Å². The molecule has 1 aliphatic heterocycles. The van der Waals surface area contributed by atoms with Crippen LogP contribution in [0.1, 0.15) is 17.9 Å². The second kappa shape index (κ2) is 3.29. The summed E-state index contributed by atoms with van der Waals surface area (Å²) < 4.78 is 12.8. The predicted molar refractivity (Wildman–Crippen MR) is 49.9 cm³/mol. The lowest BCUT2D eigenvalue weighted by Crippen LogP contribution is -2.22. The number of rotatable bonds is 1. The van der Waals surface area contributed by atoms with Gasteiger partial charge in [0.2, 0.25) is 0 Å². The zero-order chi connectivity index (χ0) is 10.1. The monoisotopic (exact) mass is 195 g/mol. The van der Waals surface area contributed by atoms with E-state index in [1.165, 1.54) is 18.2 Å². The maximum Gasteiger partial charge on any atom is 0.311 e. The predicted octanol–water partition coefficient (Wildman–Crippen LogP) is 1.81. The molecule has 1 heterocycles. The van der Waals surface area contributed by atoms with Crippen LogP contribution in [-0.4, -0.2) is 17.6 Å². The summed E-state index contributed by atoms with van der Waals surface area (Å²) in [5.74, 6) is -1.70. The molecule has 14 heavy (non-hydrogen) atoms. The van der Waals surface area contributed by atoms with Crippen molar-refractivity contribution in [2.24, 2.45) is 0 Å². The van der Waals surface area contributed by atoms with Crippen molar-refractivity contribution >= 4 is 11.7 Å². The molecular weight excluding hydrogens is 185 g/mol. The highest BCUT2D eigenvalue weighted by Crippen LogP contribution is 2.31. The molecule has 2 rings (SSSR count). The highest BCUT2D eigenvalue weighted by Gasteiger charge is 2.25. The Morgan fingerprint density at radius 2 is 2.36 bits per heavy atom. The van der Waals surface area contributed by atoms with Crippen LogP contribution in [0.15, 0.2) is 18.2 Å². The van der Waals surface area contributed by atoms with Gasteiger partial charge >= 0.3 is 5.97 Å². The number of nitrogens with one attached hydrogen (secondary N) is 1. The highest BCUT2D eigenvalue weighted by atomic mass is 19.1. The molecule has 0 saturated carbocycles. The molecule has 1 atom stereocenters. The first-order chi connectivity index (χ1) is 6.68. The fraction of sp³-hybridized carbons (Fsp3) is 0.300. The van der Waals surface area contributed by atoms with Crippen molar-refractivity contribution in [2.45, 2.75) is 12.3 Å². The third-order valence-electron chi connectivity index (χ3n) is 2.44. The fourth-order valence-electron chi connectivity index (χ4n) is 1.75. The van der Waals surface area contributed by atoms with Crippen molar-refractivity contribution in [3.8, 4) is 0 Å². The van der Waals surface area contributed by atoms with Crippen molar-refractivity contribution in [1.29, 1.82) is 0 Å². The lowest BCUT2D eigenvalue weighted by molar-refractivity contribution is -0.138. The van der Waals surface area contributed by atoms with Crippen molar-refractivity contribution < 1.29 is 14.3 Å². The van der Waals surface area contributed by atoms with Gasteiger partial charge in [-0.1, -0.05) is 6.07 Å². The SMILES string of the molecule is O=C(O)C1CCNc2cc(F)ccc21. The van der Waals surface area contributed by atoms with E-state index in [4.69, 9.17) is 5.11 Å². The van der Waals surface area contributed by atoms with Crippen LogP contribution in [0.25, 0.3) is 0 Å². The molecule has 0 aliphatic carbocycles. The maximum absolute atomic E-state index is 12.8. The summed E-state index contributed by atoms with van der Waals surface area (Å²) in [5, 5.41) is 11.9. The minimum Gasteiger partial charge on any atom is -0.481 e. The molecule has 1 aliphatic rings. The summed E-state index contributed by atoms with van der Waals surface area (Å²) in [7, 11) is 0. The molecular formula is C10H10FNO2. The fourth-order valence-corrected chi connectivity index (χ4v) is 1.75. The average Bonchev–Trinajstić information content (AvgIpc) is 2.16. The van der Waals surface area contributed by atoms with Gasteiger partial charge in [0.05, 0.1) is 5.92 Å². The van der Waals surface area contributed by atoms with Gasteiger partial charge in [0, 0.05) is 12.2 Å². The zero-order valence-electron chi connectivity index (χ0n) is 7.46. The lowest BCUT2D eigenvalue weighted by Gasteiger charge is -2.23. The number of hydrogen-bond acceptors (Lipinski definition) is 2. The van der Waals surface area contributed by atoms with Crippen LogP contribution < -0.4 is 5.32 Å². The summed E-state index contributed by atoms with van der Waals surface area (Å²) >= 11 is 0. The van der Waals surface area contributed by atoms with E-state index in [2.05, 4.69) is 5.32 Å². The van der Waals surface area contributed by atoms with E-state index in [-0.39, 0.29) is 5.82 Å². The number of anilines is 1. The van der Waals surface area contributed by atoms with E-state index in [9.17, 15) is 9.18 Å². The Balaban J connectivity index is 2.44. The smallest absolute Gasteiger partial charge is 0.311 e. The zero-order valence-corrected chi connectivity index (χ0v) is 7.46. The topological polar surface area (TPSA) is 49.3 Å². The van der Waals surface area contributed by atoms with E-state index in [0.29, 0.717) is 24.2 Å². The molecule has 0 radical (unpaired) electrons. The number of carboxylic acids is 1. The molecule has 3 nitrogen and oxygen atoms in total. The third-order valence-corrected chi connectivity index (χ3v) is 2.44. The van der Waals surface area contributed by atoms with E-state index < -0.39 is 11.9 Å². The quantitative estimate of drug-likeness (QED) is 0.718. The van der Waals surface area contributed by atoms with Crippen molar-refractivity contribution in [3.05, 3.63) is 29.6 Å². The van der Waals surface area contributed by atoms with Gasteiger partial charge in [-0.25, -0.2) is 4.39 Å². The van der Waals surface area contributed by atoms with Crippen molar-refractivity contribution in [1.82, 2.24) is 0 Å². The lowest BCUT2D eigenvalue weighted by atomic mass is 9.91. The average molecular weight is 195 g/mol. The number of halogens is 1. The Hall–Kier alpha value is -1.58. The van der Waals surface area contributed by atoms with Gasteiger partial charge in [-0.3, -0.25) is 4.79 Å². The molecule has 4 heteroatoms. The molecule has 0 bridgehead atoms. The molecule has 1 aromatic rings. The van der Waals surface area contributed by atoms with Crippen LogP contribution in [0.4, 0.5) is 10.1 Å². The minimum absolute atomic E-state index is 0.345. The first-order valence-electron chi connectivity index (χ1n) is 4.44. The van der Waals surface area contributed by atoms with Crippen LogP contribution in [0.2, 0.25) is 0 Å². The first-order valence-corrected chi connectivity index (χ1v) is 4.44. The van der Waals surface area contributed by atoms with Crippen LogP contribution >= 0.6 is 0 Å². The molecule has 1 unspecified atom stereocenters. The summed E-state index contributed by atoms with van der Waals surface area (Å²) in [6, 6.07) is 4.17. The van der Waals surface area contributed by atoms with Gasteiger partial charge in [-0.15, -0.1) is 0 Å². The number of fused-ring (bicyclic) bond motifs is 1. The van der Waals surface area contributed by atoms with Crippen LogP contribution in [0.3, 0.4) is 0 Å². The van der Waals surface area contributed by atoms with Gasteiger partial charge in [-0.2, -0.15) is 0 Å². The largest absolute Gasteiger partial charge is 0.481 e. The Morgan fingerprint density at radius 3 is 3.07 bits per heavy atom. The number of carbonyl (C=O) groups is 1. The van der Waals surface area contributed by atoms with Crippen LogP contribution in [0.5, 0.6) is 0 Å². The maximum atomic E-state index is 12.8. The summed E-state index contributed by atoms with van der Waals surface area (Å²) in [6.45, 7) is 0.577. The highest BCUT2D eigenvalue weighted by molar-refractivity contribution is 5.80. The Kier molecular flexibility index (Phi) is 2.11. The van der Waals surface area contributed by atoms with Crippen molar-refractivity contribution in [3.63, 3.8) is 0 Å². The third kappa shape index (κ3) is 1.43. The Bertz CT molecular complexity index is 378. The summed E-state index contributed by atoms with van der Waals surface area (Å²) in [6.07, 6.45) is 0.550.